The first-order valence-corrected chi connectivity index (χ1v) is 11.6. The number of nitro benzene ring substituents is 1. The number of hydrogen-bond acceptors (Lipinski definition) is 7. The van der Waals surface area contributed by atoms with Gasteiger partial charge in [0.05, 0.1) is 36.3 Å². The maximum absolute atomic E-state index is 13.3. The number of ether oxygens (including phenoxy) is 2. The number of amides is 2. The Morgan fingerprint density at radius 1 is 1.17 bits per heavy atom. The molecule has 2 heterocycles. The number of nitrogens with zero attached hydrogens (tertiary/aromatic N) is 3. The van der Waals surface area contributed by atoms with Crippen molar-refractivity contribution in [2.24, 2.45) is 0 Å². The van der Waals surface area contributed by atoms with Crippen LogP contribution in [0.15, 0.2) is 36.4 Å². The van der Waals surface area contributed by atoms with Crippen LogP contribution in [0.5, 0.6) is 5.75 Å². The summed E-state index contributed by atoms with van der Waals surface area (Å²) in [7, 11) is 1.53. The molecule has 2 amide bonds. The van der Waals surface area contributed by atoms with Crippen LogP contribution in [-0.4, -0.2) is 68.1 Å². The molecular weight excluding hydrogens is 452 g/mol. The maximum atomic E-state index is 13.3. The Hall–Kier alpha value is -3.50. The molecular formula is C25H30N4O6. The number of morpholine rings is 1. The van der Waals surface area contributed by atoms with Crippen molar-refractivity contribution in [2.75, 3.05) is 56.7 Å². The van der Waals surface area contributed by atoms with Crippen molar-refractivity contribution in [2.45, 2.75) is 25.7 Å². The summed E-state index contributed by atoms with van der Waals surface area (Å²) < 4.78 is 10.5. The van der Waals surface area contributed by atoms with Crippen LogP contribution in [-0.2, 0) is 14.9 Å². The summed E-state index contributed by atoms with van der Waals surface area (Å²) in [5, 5.41) is 14.6. The molecule has 1 N–H and O–H groups in total. The highest BCUT2D eigenvalue weighted by Crippen LogP contribution is 2.46. The van der Waals surface area contributed by atoms with Crippen molar-refractivity contribution in [1.29, 1.82) is 0 Å². The first kappa shape index (κ1) is 24.6. The molecule has 4 rings (SSSR count). The molecule has 2 aromatic carbocycles. The molecule has 0 spiro atoms. The predicted molar refractivity (Wildman–Crippen MR) is 131 cm³/mol. The third kappa shape index (κ3) is 4.98. The van der Waals surface area contributed by atoms with Crippen molar-refractivity contribution in [3.63, 3.8) is 0 Å². The quantitative estimate of drug-likeness (QED) is 0.454. The second-order valence-electron chi connectivity index (χ2n) is 9.22. The second-order valence-corrected chi connectivity index (χ2v) is 9.22. The van der Waals surface area contributed by atoms with Gasteiger partial charge >= 0.3 is 0 Å². The molecule has 0 aliphatic carbocycles. The highest BCUT2D eigenvalue weighted by atomic mass is 16.6. The van der Waals surface area contributed by atoms with Gasteiger partial charge in [0.25, 0.3) is 11.6 Å². The number of nitro groups is 1. The highest BCUT2D eigenvalue weighted by molar-refractivity contribution is 6.10. The van der Waals surface area contributed by atoms with E-state index in [1.165, 1.54) is 13.2 Å². The lowest BCUT2D eigenvalue weighted by atomic mass is 9.85. The van der Waals surface area contributed by atoms with Gasteiger partial charge in [-0.05, 0) is 56.2 Å². The van der Waals surface area contributed by atoms with E-state index in [1.807, 2.05) is 0 Å². The van der Waals surface area contributed by atoms with Crippen LogP contribution >= 0.6 is 0 Å². The van der Waals surface area contributed by atoms with Crippen molar-refractivity contribution in [3.8, 4) is 5.75 Å². The van der Waals surface area contributed by atoms with E-state index in [0.717, 1.165) is 26.1 Å². The summed E-state index contributed by atoms with van der Waals surface area (Å²) in [5.74, 6) is 0.00152. The minimum Gasteiger partial charge on any atom is -0.497 e. The zero-order valence-corrected chi connectivity index (χ0v) is 20.2. The minimum absolute atomic E-state index is 0.0607. The summed E-state index contributed by atoms with van der Waals surface area (Å²) in [6.45, 7) is 8.01. The Morgan fingerprint density at radius 3 is 2.49 bits per heavy atom. The molecule has 0 aromatic heterocycles. The lowest BCUT2D eigenvalue weighted by molar-refractivity contribution is -0.383. The molecule has 10 nitrogen and oxygen atoms in total. The number of carbonyl (C=O) groups is 2. The molecule has 35 heavy (non-hydrogen) atoms. The molecule has 1 saturated heterocycles. The van der Waals surface area contributed by atoms with E-state index in [9.17, 15) is 19.7 Å². The van der Waals surface area contributed by atoms with Crippen molar-refractivity contribution < 1.29 is 24.0 Å². The van der Waals surface area contributed by atoms with Gasteiger partial charge in [0.1, 0.15) is 11.4 Å². The molecule has 1 fully saturated rings. The van der Waals surface area contributed by atoms with E-state index in [0.29, 0.717) is 42.3 Å². The topological polar surface area (TPSA) is 114 Å². The normalized spacial score (nSPS) is 17.2. The molecule has 0 radical (unpaired) electrons. The van der Waals surface area contributed by atoms with E-state index < -0.39 is 16.2 Å². The van der Waals surface area contributed by atoms with Gasteiger partial charge in [-0.25, -0.2) is 0 Å². The van der Waals surface area contributed by atoms with Crippen LogP contribution in [0, 0.1) is 10.1 Å². The van der Waals surface area contributed by atoms with Gasteiger partial charge in [0.2, 0.25) is 5.91 Å². The summed E-state index contributed by atoms with van der Waals surface area (Å²) >= 11 is 0. The van der Waals surface area contributed by atoms with Crippen LogP contribution in [0.1, 0.15) is 36.2 Å². The smallest absolute Gasteiger partial charge is 0.294 e. The van der Waals surface area contributed by atoms with Gasteiger partial charge in [-0.3, -0.25) is 24.6 Å². The third-order valence-corrected chi connectivity index (χ3v) is 6.61. The molecule has 2 aliphatic heterocycles. The van der Waals surface area contributed by atoms with Gasteiger partial charge in [-0.15, -0.1) is 0 Å². The van der Waals surface area contributed by atoms with Crippen molar-refractivity contribution in [1.82, 2.24) is 4.90 Å². The first-order chi connectivity index (χ1) is 16.7. The Morgan fingerprint density at radius 2 is 1.86 bits per heavy atom. The van der Waals surface area contributed by atoms with Gasteiger partial charge in [0.15, 0.2) is 0 Å². The first-order valence-electron chi connectivity index (χ1n) is 11.6. The zero-order chi connectivity index (χ0) is 25.2. The SMILES string of the molecule is COc1ccc(C(=O)Nc2cc3c(cc2[N+](=O)[O-])N(CCCN2CCOCC2)C(=O)C3(C)C)cc1. The Labute approximate surface area is 203 Å². The van der Waals surface area contributed by atoms with Crippen LogP contribution in [0.3, 0.4) is 0 Å². The molecule has 0 bridgehead atoms. The summed E-state index contributed by atoms with van der Waals surface area (Å²) in [5.41, 5.74) is 0.449. The Balaban J connectivity index is 1.58. The lowest BCUT2D eigenvalue weighted by Gasteiger charge is -2.27. The predicted octanol–water partition coefficient (Wildman–Crippen LogP) is 3.20. The van der Waals surface area contributed by atoms with E-state index in [1.54, 1.807) is 49.1 Å². The van der Waals surface area contributed by atoms with E-state index in [4.69, 9.17) is 9.47 Å². The maximum Gasteiger partial charge on any atom is 0.294 e. The largest absolute Gasteiger partial charge is 0.497 e. The van der Waals surface area contributed by atoms with Crippen LogP contribution in [0.25, 0.3) is 0 Å². The van der Waals surface area contributed by atoms with Crippen molar-refractivity contribution in [3.05, 3.63) is 57.6 Å². The van der Waals surface area contributed by atoms with Gasteiger partial charge < -0.3 is 19.7 Å². The molecule has 186 valence electrons. The molecule has 0 unspecified atom stereocenters. The number of hydrogen-bond donors (Lipinski definition) is 1. The number of fused-ring (bicyclic) bond motifs is 1. The number of benzene rings is 2. The monoisotopic (exact) mass is 482 g/mol. The van der Waals surface area contributed by atoms with Crippen molar-refractivity contribution >= 4 is 28.9 Å². The zero-order valence-electron chi connectivity index (χ0n) is 20.2. The fourth-order valence-electron chi connectivity index (χ4n) is 4.55. The molecule has 0 atom stereocenters. The minimum atomic E-state index is -0.872. The van der Waals surface area contributed by atoms with Gasteiger partial charge in [-0.2, -0.15) is 0 Å². The van der Waals surface area contributed by atoms with Crippen LogP contribution < -0.4 is 15.0 Å². The average molecular weight is 483 g/mol. The molecule has 2 aromatic rings. The van der Waals surface area contributed by atoms with Crippen LogP contribution in [0.4, 0.5) is 17.1 Å². The Kier molecular flexibility index (Phi) is 7.04. The number of anilines is 2. The van der Waals surface area contributed by atoms with Gasteiger partial charge in [-0.1, -0.05) is 0 Å². The summed E-state index contributed by atoms with van der Waals surface area (Å²) in [4.78, 5) is 41.4. The standard InChI is InChI=1S/C25H30N4O6/c1-25(2)19-15-20(26-23(30)17-5-7-18(34-3)8-6-17)22(29(32)33)16-21(19)28(24(25)31)10-4-9-27-11-13-35-14-12-27/h5-8,15-16H,4,9-14H2,1-3H3,(H,26,30). The van der Waals surface area contributed by atoms with E-state index in [2.05, 4.69) is 10.2 Å². The van der Waals surface area contributed by atoms with Gasteiger partial charge in [0, 0.05) is 37.8 Å². The fraction of sp³-hybridized carbons (Fsp3) is 0.440. The summed E-state index contributed by atoms with van der Waals surface area (Å²) in [6, 6.07) is 9.41. The fourth-order valence-corrected chi connectivity index (χ4v) is 4.55. The van der Waals surface area contributed by atoms with E-state index >= 15 is 0 Å². The molecule has 0 saturated carbocycles. The lowest BCUT2D eigenvalue weighted by Crippen LogP contribution is -2.40. The average Bonchev–Trinajstić information content (AvgIpc) is 3.04. The molecule has 2 aliphatic rings. The number of carbonyl (C=O) groups excluding carboxylic acids is 2. The van der Waals surface area contributed by atoms with E-state index in [-0.39, 0.29) is 17.3 Å². The third-order valence-electron chi connectivity index (χ3n) is 6.61. The van der Waals surface area contributed by atoms with Crippen LogP contribution in [0.2, 0.25) is 0 Å². The highest BCUT2D eigenvalue weighted by Gasteiger charge is 2.45. The number of methoxy groups -OCH3 is 1. The second kappa shape index (κ2) is 10.0. The Bertz CT molecular complexity index is 1130. The summed E-state index contributed by atoms with van der Waals surface area (Å²) in [6.07, 6.45) is 0.741. The number of rotatable bonds is 8. The number of nitrogens with one attached hydrogen (secondary N) is 1. The molecule has 10 heteroatoms.